The van der Waals surface area contributed by atoms with Crippen molar-refractivity contribution < 1.29 is 9.50 Å². The summed E-state index contributed by atoms with van der Waals surface area (Å²) in [4.78, 5) is 0. The Hall–Kier alpha value is -0.410. The van der Waals surface area contributed by atoms with Crippen molar-refractivity contribution in [3.05, 3.63) is 34.1 Å². The second kappa shape index (κ2) is 5.07. The lowest BCUT2D eigenvalue weighted by Crippen LogP contribution is -2.31. The second-order valence-corrected chi connectivity index (χ2v) is 6.23. The number of rotatable bonds is 3. The Bertz CT molecular complexity index is 399. The number of hydrogen-bond donors (Lipinski definition) is 1. The summed E-state index contributed by atoms with van der Waals surface area (Å²) in [6.45, 7) is 2.11. The van der Waals surface area contributed by atoms with Gasteiger partial charge in [-0.15, -0.1) is 0 Å². The summed E-state index contributed by atoms with van der Waals surface area (Å²) in [5.74, 6) is -0.236. The maximum absolute atomic E-state index is 13.7. The minimum atomic E-state index is -0.444. The number of halogens is 2. The van der Waals surface area contributed by atoms with Crippen LogP contribution in [-0.2, 0) is 6.42 Å². The van der Waals surface area contributed by atoms with Crippen LogP contribution in [0, 0.1) is 11.2 Å². The molecule has 94 valence electrons. The van der Waals surface area contributed by atoms with E-state index in [0.29, 0.717) is 12.0 Å². The number of aliphatic hydroxyl groups is 1. The van der Waals surface area contributed by atoms with Crippen LogP contribution in [0.15, 0.2) is 22.7 Å². The summed E-state index contributed by atoms with van der Waals surface area (Å²) in [5, 5.41) is 10.3. The summed E-state index contributed by atoms with van der Waals surface area (Å²) in [7, 11) is 0. The zero-order chi connectivity index (χ0) is 12.5. The average Bonchev–Trinajstić information content (AvgIpc) is 2.71. The van der Waals surface area contributed by atoms with E-state index in [4.69, 9.17) is 0 Å². The third-order valence-electron chi connectivity index (χ3n) is 3.98. The normalized spacial score (nSPS) is 20.5. The minimum Gasteiger partial charge on any atom is -0.392 e. The van der Waals surface area contributed by atoms with E-state index in [-0.39, 0.29) is 11.2 Å². The predicted molar refractivity (Wildman–Crippen MR) is 70.4 cm³/mol. The van der Waals surface area contributed by atoms with Crippen molar-refractivity contribution in [2.75, 3.05) is 0 Å². The van der Waals surface area contributed by atoms with Crippen LogP contribution in [0.2, 0.25) is 0 Å². The van der Waals surface area contributed by atoms with Crippen LogP contribution in [0.4, 0.5) is 4.39 Å². The molecule has 1 aromatic rings. The van der Waals surface area contributed by atoms with Gasteiger partial charge in [-0.2, -0.15) is 0 Å². The Balaban J connectivity index is 2.10. The van der Waals surface area contributed by atoms with Gasteiger partial charge in [0.25, 0.3) is 0 Å². The van der Waals surface area contributed by atoms with Gasteiger partial charge in [0.1, 0.15) is 5.82 Å². The first-order chi connectivity index (χ1) is 8.01. The molecule has 0 heterocycles. The minimum absolute atomic E-state index is 0.0283. The number of aliphatic hydroxyl groups excluding tert-OH is 1. The first kappa shape index (κ1) is 13.0. The summed E-state index contributed by atoms with van der Waals surface area (Å²) in [6.07, 6.45) is 4.42. The maximum atomic E-state index is 13.7. The monoisotopic (exact) mass is 300 g/mol. The van der Waals surface area contributed by atoms with Gasteiger partial charge in [0.2, 0.25) is 0 Å². The molecule has 1 aliphatic rings. The van der Waals surface area contributed by atoms with Crippen LogP contribution in [0.3, 0.4) is 0 Å². The summed E-state index contributed by atoms with van der Waals surface area (Å²) >= 11 is 3.24. The lowest BCUT2D eigenvalue weighted by Gasteiger charge is -2.30. The summed E-state index contributed by atoms with van der Waals surface area (Å²) in [6, 6.07) is 5.03. The van der Waals surface area contributed by atoms with Gasteiger partial charge in [0, 0.05) is 10.9 Å². The third-order valence-corrected chi connectivity index (χ3v) is 4.47. The van der Waals surface area contributed by atoms with Gasteiger partial charge in [-0.3, -0.25) is 0 Å². The molecule has 0 saturated heterocycles. The van der Waals surface area contributed by atoms with Crippen LogP contribution in [-0.4, -0.2) is 11.2 Å². The van der Waals surface area contributed by atoms with E-state index in [1.54, 1.807) is 6.07 Å². The fourth-order valence-electron chi connectivity index (χ4n) is 2.66. The molecule has 0 spiro atoms. The fourth-order valence-corrected chi connectivity index (χ4v) is 2.99. The van der Waals surface area contributed by atoms with E-state index >= 15 is 0 Å². The molecule has 17 heavy (non-hydrogen) atoms. The highest BCUT2D eigenvalue weighted by atomic mass is 79.9. The molecule has 1 aromatic carbocycles. The Labute approximate surface area is 110 Å². The molecule has 2 rings (SSSR count). The average molecular weight is 301 g/mol. The SMILES string of the molecule is CC1(C(O)Cc2ccc(Br)cc2F)CCCC1. The van der Waals surface area contributed by atoms with Crippen LogP contribution >= 0.6 is 15.9 Å². The molecule has 1 fully saturated rings. The van der Waals surface area contributed by atoms with Gasteiger partial charge in [-0.05, 0) is 36.0 Å². The van der Waals surface area contributed by atoms with Crippen molar-refractivity contribution in [2.45, 2.75) is 45.1 Å². The molecule has 3 heteroatoms. The molecular formula is C14H18BrFO. The van der Waals surface area contributed by atoms with E-state index in [1.165, 1.54) is 18.9 Å². The topological polar surface area (TPSA) is 20.2 Å². The van der Waals surface area contributed by atoms with E-state index in [2.05, 4.69) is 22.9 Å². The van der Waals surface area contributed by atoms with Crippen LogP contribution in [0.5, 0.6) is 0 Å². The summed E-state index contributed by atoms with van der Waals surface area (Å²) in [5.41, 5.74) is 0.577. The summed E-state index contributed by atoms with van der Waals surface area (Å²) < 4.78 is 14.4. The molecule has 1 nitrogen and oxygen atoms in total. The van der Waals surface area contributed by atoms with Gasteiger partial charge >= 0.3 is 0 Å². The Morgan fingerprint density at radius 1 is 1.41 bits per heavy atom. The van der Waals surface area contributed by atoms with Gasteiger partial charge in [-0.25, -0.2) is 4.39 Å². The Morgan fingerprint density at radius 2 is 2.06 bits per heavy atom. The molecule has 0 aliphatic heterocycles. The van der Waals surface area contributed by atoms with Crippen LogP contribution in [0.1, 0.15) is 38.2 Å². The van der Waals surface area contributed by atoms with Crippen LogP contribution in [0.25, 0.3) is 0 Å². The van der Waals surface area contributed by atoms with E-state index in [1.807, 2.05) is 6.07 Å². The predicted octanol–water partition coefficient (Wildman–Crippen LogP) is 4.07. The van der Waals surface area contributed by atoms with E-state index < -0.39 is 6.10 Å². The van der Waals surface area contributed by atoms with Gasteiger partial charge in [-0.1, -0.05) is 41.8 Å². The number of benzene rings is 1. The molecule has 0 radical (unpaired) electrons. The second-order valence-electron chi connectivity index (χ2n) is 5.32. The molecule has 0 amide bonds. The van der Waals surface area contributed by atoms with Crippen LogP contribution < -0.4 is 0 Å². The fraction of sp³-hybridized carbons (Fsp3) is 0.571. The molecule has 1 aliphatic carbocycles. The zero-order valence-corrected chi connectivity index (χ0v) is 11.6. The van der Waals surface area contributed by atoms with Gasteiger partial charge in [0.05, 0.1) is 6.10 Å². The largest absolute Gasteiger partial charge is 0.392 e. The highest BCUT2D eigenvalue weighted by Gasteiger charge is 2.36. The van der Waals surface area contributed by atoms with Crippen molar-refractivity contribution >= 4 is 15.9 Å². The van der Waals surface area contributed by atoms with Crippen molar-refractivity contribution in [3.63, 3.8) is 0 Å². The molecule has 0 aromatic heterocycles. The highest BCUT2D eigenvalue weighted by molar-refractivity contribution is 9.10. The molecule has 1 unspecified atom stereocenters. The first-order valence-electron chi connectivity index (χ1n) is 6.13. The van der Waals surface area contributed by atoms with E-state index in [9.17, 15) is 9.50 Å². The van der Waals surface area contributed by atoms with Gasteiger partial charge < -0.3 is 5.11 Å². The maximum Gasteiger partial charge on any atom is 0.127 e. The third kappa shape index (κ3) is 2.89. The van der Waals surface area contributed by atoms with Crippen molar-refractivity contribution in [3.8, 4) is 0 Å². The highest BCUT2D eigenvalue weighted by Crippen LogP contribution is 2.41. The Morgan fingerprint density at radius 3 is 2.65 bits per heavy atom. The zero-order valence-electron chi connectivity index (χ0n) is 10.0. The Kier molecular flexibility index (Phi) is 3.88. The van der Waals surface area contributed by atoms with Crippen molar-refractivity contribution in [1.29, 1.82) is 0 Å². The first-order valence-corrected chi connectivity index (χ1v) is 6.92. The molecule has 1 N–H and O–H groups in total. The molecule has 1 saturated carbocycles. The lowest BCUT2D eigenvalue weighted by molar-refractivity contribution is 0.0417. The number of hydrogen-bond acceptors (Lipinski definition) is 1. The van der Waals surface area contributed by atoms with Crippen molar-refractivity contribution in [2.24, 2.45) is 5.41 Å². The smallest absolute Gasteiger partial charge is 0.127 e. The standard InChI is InChI=1S/C14H18BrFO/c1-14(6-2-3-7-14)13(17)8-10-4-5-11(15)9-12(10)16/h4-5,9,13,17H,2-3,6-8H2,1H3. The quantitative estimate of drug-likeness (QED) is 0.892. The van der Waals surface area contributed by atoms with E-state index in [0.717, 1.165) is 17.3 Å². The van der Waals surface area contributed by atoms with Crippen molar-refractivity contribution in [1.82, 2.24) is 0 Å². The molecular weight excluding hydrogens is 283 g/mol. The molecule has 0 bridgehead atoms. The lowest BCUT2D eigenvalue weighted by atomic mass is 9.80. The molecule has 1 atom stereocenters. The van der Waals surface area contributed by atoms with Gasteiger partial charge in [0.15, 0.2) is 0 Å².